The highest BCUT2D eigenvalue weighted by Crippen LogP contribution is 2.28. The van der Waals surface area contributed by atoms with Crippen molar-refractivity contribution in [2.75, 3.05) is 14.2 Å². The molecule has 3 heterocycles. The van der Waals surface area contributed by atoms with Crippen LogP contribution in [-0.2, 0) is 4.84 Å². The van der Waals surface area contributed by atoms with Gasteiger partial charge in [-0.1, -0.05) is 17.4 Å². The fraction of sp³-hybridized carbons (Fsp3) is 0.133. The molecule has 0 radical (unpaired) electrons. The van der Waals surface area contributed by atoms with E-state index in [4.69, 9.17) is 4.84 Å². The van der Waals surface area contributed by atoms with Crippen LogP contribution in [0.25, 0.3) is 21.3 Å². The molecule has 1 amide bonds. The van der Waals surface area contributed by atoms with Crippen molar-refractivity contribution in [1.82, 2.24) is 25.2 Å². The first-order chi connectivity index (χ1) is 11.2. The monoisotopic (exact) mass is 327 g/mol. The quantitative estimate of drug-likeness (QED) is 0.684. The molecule has 3 aromatic heterocycles. The minimum atomic E-state index is -0.327. The number of hydrogen-bond donors (Lipinski definition) is 0. The van der Waals surface area contributed by atoms with E-state index in [0.717, 1.165) is 15.6 Å². The molecule has 23 heavy (non-hydrogen) atoms. The van der Waals surface area contributed by atoms with Crippen molar-refractivity contribution in [2.24, 2.45) is 0 Å². The number of hydrogen-bond acceptors (Lipinski definition) is 7. The van der Waals surface area contributed by atoms with Gasteiger partial charge < -0.3 is 0 Å². The Bertz CT molecular complexity index is 821. The molecule has 3 aromatic rings. The lowest BCUT2D eigenvalue weighted by molar-refractivity contribution is -0.0760. The van der Waals surface area contributed by atoms with Gasteiger partial charge in [-0.05, 0) is 24.3 Å². The van der Waals surface area contributed by atoms with Crippen molar-refractivity contribution < 1.29 is 9.63 Å². The third kappa shape index (κ3) is 3.22. The lowest BCUT2D eigenvalue weighted by Crippen LogP contribution is -2.26. The lowest BCUT2D eigenvalue weighted by Gasteiger charge is -2.12. The minimum Gasteiger partial charge on any atom is -0.274 e. The summed E-state index contributed by atoms with van der Waals surface area (Å²) in [5.74, 6) is -0.327. The van der Waals surface area contributed by atoms with Crippen molar-refractivity contribution in [3.05, 3.63) is 48.4 Å². The van der Waals surface area contributed by atoms with E-state index in [1.165, 1.54) is 25.5 Å². The Morgan fingerprint density at radius 3 is 2.74 bits per heavy atom. The number of nitrogens with zero attached hydrogens (tertiary/aromatic N) is 5. The van der Waals surface area contributed by atoms with E-state index < -0.39 is 0 Å². The van der Waals surface area contributed by atoms with E-state index in [1.807, 2.05) is 12.1 Å². The molecule has 0 fully saturated rings. The first-order valence-corrected chi connectivity index (χ1v) is 7.54. The Kier molecular flexibility index (Phi) is 4.35. The van der Waals surface area contributed by atoms with Crippen LogP contribution in [0.3, 0.4) is 0 Å². The molecule has 0 bridgehead atoms. The molecule has 0 saturated heterocycles. The fourth-order valence-electron chi connectivity index (χ4n) is 1.85. The maximum absolute atomic E-state index is 12.1. The van der Waals surface area contributed by atoms with Crippen LogP contribution in [0.5, 0.6) is 0 Å². The highest BCUT2D eigenvalue weighted by atomic mass is 32.1. The lowest BCUT2D eigenvalue weighted by atomic mass is 10.3. The number of amides is 1. The molecule has 0 aliphatic heterocycles. The highest BCUT2D eigenvalue weighted by Gasteiger charge is 2.15. The number of carbonyl (C=O) groups is 1. The Hall–Kier alpha value is -2.71. The predicted molar refractivity (Wildman–Crippen MR) is 85.5 cm³/mol. The van der Waals surface area contributed by atoms with Crippen LogP contribution in [0.4, 0.5) is 0 Å². The number of rotatable bonds is 4. The van der Waals surface area contributed by atoms with Gasteiger partial charge in [0.05, 0.1) is 7.11 Å². The van der Waals surface area contributed by atoms with E-state index in [-0.39, 0.29) is 11.6 Å². The van der Waals surface area contributed by atoms with E-state index in [2.05, 4.69) is 20.2 Å². The van der Waals surface area contributed by atoms with Gasteiger partial charge in [-0.3, -0.25) is 14.6 Å². The molecule has 116 valence electrons. The zero-order valence-corrected chi connectivity index (χ0v) is 13.3. The predicted octanol–water partition coefficient (Wildman–Crippen LogP) is 2.30. The second-order valence-electron chi connectivity index (χ2n) is 4.55. The summed E-state index contributed by atoms with van der Waals surface area (Å²) in [6, 6.07) is 8.93. The number of aromatic nitrogens is 4. The van der Waals surface area contributed by atoms with E-state index >= 15 is 0 Å². The third-order valence-corrected chi connectivity index (χ3v) is 4.08. The summed E-state index contributed by atoms with van der Waals surface area (Å²) in [6.07, 6.45) is 3.43. The van der Waals surface area contributed by atoms with Gasteiger partial charge in [-0.25, -0.2) is 10.0 Å². The molecule has 0 saturated carbocycles. The molecule has 7 nitrogen and oxygen atoms in total. The van der Waals surface area contributed by atoms with Crippen LogP contribution in [0, 0.1) is 0 Å². The summed E-state index contributed by atoms with van der Waals surface area (Å²) in [7, 11) is 2.95. The number of hydroxylamine groups is 2. The summed E-state index contributed by atoms with van der Waals surface area (Å²) in [5, 5.41) is 10.8. The Morgan fingerprint density at radius 2 is 2.00 bits per heavy atom. The normalized spacial score (nSPS) is 10.5. The smallest absolute Gasteiger partial charge is 0.274 e. The van der Waals surface area contributed by atoms with Crippen molar-refractivity contribution in [3.63, 3.8) is 0 Å². The van der Waals surface area contributed by atoms with Crippen LogP contribution in [0.15, 0.2) is 42.7 Å². The standard InChI is InChI=1S/C15H13N5O2S/c1-20(22-2)15(21)12-7-3-6-11(17-12)14-19-18-13(23-14)10-5-4-8-16-9-10/h3-9H,1-2H3. The van der Waals surface area contributed by atoms with Crippen LogP contribution in [0.1, 0.15) is 10.5 Å². The van der Waals surface area contributed by atoms with Crippen molar-refractivity contribution in [1.29, 1.82) is 0 Å². The van der Waals surface area contributed by atoms with Crippen LogP contribution < -0.4 is 0 Å². The zero-order valence-electron chi connectivity index (χ0n) is 12.5. The molecule has 8 heteroatoms. The van der Waals surface area contributed by atoms with E-state index in [1.54, 1.807) is 30.6 Å². The zero-order chi connectivity index (χ0) is 16.2. The molecule has 0 aliphatic rings. The minimum absolute atomic E-state index is 0.282. The first-order valence-electron chi connectivity index (χ1n) is 6.72. The third-order valence-electron chi connectivity index (χ3n) is 3.08. The molecule has 0 unspecified atom stereocenters. The molecule has 0 aliphatic carbocycles. The number of pyridine rings is 2. The maximum atomic E-state index is 12.1. The summed E-state index contributed by atoms with van der Waals surface area (Å²) < 4.78 is 0. The van der Waals surface area contributed by atoms with Gasteiger partial charge in [-0.2, -0.15) is 0 Å². The van der Waals surface area contributed by atoms with Crippen molar-refractivity contribution in [2.45, 2.75) is 0 Å². The second kappa shape index (κ2) is 6.59. The summed E-state index contributed by atoms with van der Waals surface area (Å²) in [6.45, 7) is 0. The van der Waals surface area contributed by atoms with Gasteiger partial charge in [0.25, 0.3) is 5.91 Å². The molecule has 0 spiro atoms. The van der Waals surface area contributed by atoms with E-state index in [0.29, 0.717) is 10.7 Å². The molecule has 0 aromatic carbocycles. The largest absolute Gasteiger partial charge is 0.295 e. The molecule has 0 atom stereocenters. The highest BCUT2D eigenvalue weighted by molar-refractivity contribution is 7.17. The maximum Gasteiger partial charge on any atom is 0.295 e. The van der Waals surface area contributed by atoms with Gasteiger partial charge in [0.15, 0.2) is 5.01 Å². The Morgan fingerprint density at radius 1 is 1.17 bits per heavy atom. The van der Waals surface area contributed by atoms with Gasteiger partial charge in [0, 0.05) is 25.0 Å². The first kappa shape index (κ1) is 15.2. The van der Waals surface area contributed by atoms with E-state index in [9.17, 15) is 4.79 Å². The Labute approximate surface area is 136 Å². The summed E-state index contributed by atoms with van der Waals surface area (Å²) >= 11 is 1.39. The van der Waals surface area contributed by atoms with Gasteiger partial charge >= 0.3 is 0 Å². The van der Waals surface area contributed by atoms with Gasteiger partial charge in [0.1, 0.15) is 16.4 Å². The summed E-state index contributed by atoms with van der Waals surface area (Å²) in [5.41, 5.74) is 1.76. The fourth-order valence-corrected chi connectivity index (χ4v) is 2.65. The van der Waals surface area contributed by atoms with Gasteiger partial charge in [-0.15, -0.1) is 10.2 Å². The average Bonchev–Trinajstić information content (AvgIpc) is 3.11. The van der Waals surface area contributed by atoms with Crippen LogP contribution in [0.2, 0.25) is 0 Å². The SMILES string of the molecule is CON(C)C(=O)c1cccc(-c2nnc(-c3cccnc3)s2)n1. The van der Waals surface area contributed by atoms with Crippen LogP contribution in [-0.4, -0.2) is 45.3 Å². The number of carbonyl (C=O) groups excluding carboxylic acids is 1. The van der Waals surface area contributed by atoms with Gasteiger partial charge in [0.2, 0.25) is 0 Å². The Balaban J connectivity index is 1.91. The van der Waals surface area contributed by atoms with Crippen LogP contribution >= 0.6 is 11.3 Å². The molecule has 3 rings (SSSR count). The van der Waals surface area contributed by atoms with Crippen molar-refractivity contribution >= 4 is 17.2 Å². The second-order valence-corrected chi connectivity index (χ2v) is 5.52. The molecular formula is C15H13N5O2S. The molecule has 0 N–H and O–H groups in total. The summed E-state index contributed by atoms with van der Waals surface area (Å²) in [4.78, 5) is 25.4. The van der Waals surface area contributed by atoms with Crippen molar-refractivity contribution in [3.8, 4) is 21.3 Å². The topological polar surface area (TPSA) is 81.1 Å². The average molecular weight is 327 g/mol. The molecular weight excluding hydrogens is 314 g/mol.